The van der Waals surface area contributed by atoms with Gasteiger partial charge in [-0.05, 0) is 47.3 Å². The molecule has 2 aromatic rings. The predicted molar refractivity (Wildman–Crippen MR) is 79.0 cm³/mol. The number of nitrogens with one attached hydrogen (secondary N) is 1. The lowest BCUT2D eigenvalue weighted by atomic mass is 10.3. The summed E-state index contributed by atoms with van der Waals surface area (Å²) in [4.78, 5) is 0. The Kier molecular flexibility index (Phi) is 3.50. The van der Waals surface area contributed by atoms with Crippen LogP contribution in [0.25, 0.3) is 0 Å². The molecule has 1 aliphatic carbocycles. The van der Waals surface area contributed by atoms with E-state index in [0.29, 0.717) is 0 Å². The van der Waals surface area contributed by atoms with Crippen molar-refractivity contribution in [3.63, 3.8) is 0 Å². The van der Waals surface area contributed by atoms with E-state index in [1.165, 1.54) is 24.1 Å². The quantitative estimate of drug-likeness (QED) is 0.918. The topological polar surface area (TPSA) is 34.8 Å². The van der Waals surface area contributed by atoms with Crippen molar-refractivity contribution < 1.29 is 0 Å². The van der Waals surface area contributed by atoms with Crippen LogP contribution < -0.4 is 5.32 Å². The second-order valence-corrected chi connectivity index (χ2v) is 6.11. The molecule has 19 heavy (non-hydrogen) atoms. The summed E-state index contributed by atoms with van der Waals surface area (Å²) in [6.07, 6.45) is 7.02. The van der Waals surface area contributed by atoms with Crippen LogP contribution in [0.15, 0.2) is 22.9 Å². The van der Waals surface area contributed by atoms with E-state index < -0.39 is 0 Å². The first kappa shape index (κ1) is 12.9. The lowest BCUT2D eigenvalue weighted by Crippen LogP contribution is -2.14. The molecule has 1 saturated carbocycles. The summed E-state index contributed by atoms with van der Waals surface area (Å²) in [5.74, 6) is 0. The smallest absolute Gasteiger partial charge is 0.0739 e. The first-order valence-corrected chi connectivity index (χ1v) is 7.49. The molecule has 0 aromatic carbocycles. The molecule has 1 aliphatic rings. The maximum absolute atomic E-state index is 4.43. The highest BCUT2D eigenvalue weighted by Gasteiger charge is 2.20. The van der Waals surface area contributed by atoms with Crippen molar-refractivity contribution in [3.05, 3.63) is 39.9 Å². The molecule has 0 amide bonds. The molecule has 1 fully saturated rings. The van der Waals surface area contributed by atoms with Crippen molar-refractivity contribution in [2.45, 2.75) is 38.9 Å². The van der Waals surface area contributed by atoms with Gasteiger partial charge in [-0.2, -0.15) is 5.10 Å². The zero-order valence-corrected chi connectivity index (χ0v) is 12.9. The molecule has 3 rings (SSSR count). The van der Waals surface area contributed by atoms with Crippen LogP contribution in [0.5, 0.6) is 0 Å². The van der Waals surface area contributed by atoms with Gasteiger partial charge in [-0.3, -0.25) is 4.68 Å². The fourth-order valence-electron chi connectivity index (χ4n) is 2.27. The van der Waals surface area contributed by atoms with Gasteiger partial charge in [0.15, 0.2) is 0 Å². The molecule has 102 valence electrons. The van der Waals surface area contributed by atoms with Gasteiger partial charge >= 0.3 is 0 Å². The first-order valence-electron chi connectivity index (χ1n) is 6.69. The van der Waals surface area contributed by atoms with Crippen LogP contribution in [0, 0.1) is 6.92 Å². The van der Waals surface area contributed by atoms with Gasteiger partial charge in [0, 0.05) is 32.0 Å². The average molecular weight is 323 g/mol. The van der Waals surface area contributed by atoms with Gasteiger partial charge in [-0.15, -0.1) is 0 Å². The van der Waals surface area contributed by atoms with Crippen molar-refractivity contribution in [2.75, 3.05) is 0 Å². The minimum Gasteiger partial charge on any atom is -0.348 e. The molecule has 0 radical (unpaired) electrons. The zero-order chi connectivity index (χ0) is 13.4. The number of halogens is 1. The second kappa shape index (κ2) is 5.13. The molecule has 2 heterocycles. The van der Waals surface area contributed by atoms with Crippen molar-refractivity contribution in [3.8, 4) is 0 Å². The summed E-state index contributed by atoms with van der Waals surface area (Å²) in [5, 5.41) is 7.96. The predicted octanol–water partition coefficient (Wildman–Crippen LogP) is 2.59. The third-order valence-electron chi connectivity index (χ3n) is 3.58. The molecule has 0 spiro atoms. The van der Waals surface area contributed by atoms with Crippen molar-refractivity contribution in [1.29, 1.82) is 0 Å². The maximum atomic E-state index is 4.43. The zero-order valence-electron chi connectivity index (χ0n) is 11.4. The molecule has 2 aromatic heterocycles. The minimum atomic E-state index is 0.761. The highest BCUT2D eigenvalue weighted by molar-refractivity contribution is 9.10. The van der Waals surface area contributed by atoms with E-state index in [2.05, 4.69) is 49.4 Å². The fourth-order valence-corrected chi connectivity index (χ4v) is 2.73. The maximum Gasteiger partial charge on any atom is 0.0739 e. The van der Waals surface area contributed by atoms with Crippen LogP contribution in [-0.4, -0.2) is 20.4 Å². The van der Waals surface area contributed by atoms with Gasteiger partial charge in [0.2, 0.25) is 0 Å². The van der Waals surface area contributed by atoms with Crippen molar-refractivity contribution in [2.24, 2.45) is 7.05 Å². The molecular weight excluding hydrogens is 304 g/mol. The van der Waals surface area contributed by atoms with Gasteiger partial charge in [0.05, 0.1) is 22.4 Å². The number of hydrogen-bond donors (Lipinski definition) is 1. The van der Waals surface area contributed by atoms with Gasteiger partial charge < -0.3 is 9.88 Å². The van der Waals surface area contributed by atoms with Crippen molar-refractivity contribution in [1.82, 2.24) is 19.7 Å². The standard InChI is InChI=1S/C14H19BrN4/c1-10-14(15)13(18(2)17-10)9-19-6-5-11(8-19)7-16-12-3-4-12/h5-6,8,12,16H,3-4,7,9H2,1-2H3. The Balaban J connectivity index is 1.68. The van der Waals surface area contributed by atoms with E-state index in [9.17, 15) is 0 Å². The highest BCUT2D eigenvalue weighted by atomic mass is 79.9. The van der Waals surface area contributed by atoms with Gasteiger partial charge in [0.25, 0.3) is 0 Å². The van der Waals surface area contributed by atoms with E-state index in [-0.39, 0.29) is 0 Å². The number of nitrogens with zero attached hydrogens (tertiary/aromatic N) is 3. The third kappa shape index (κ3) is 2.92. The van der Waals surface area contributed by atoms with E-state index in [1.54, 1.807) is 0 Å². The van der Waals surface area contributed by atoms with Crippen LogP contribution in [0.4, 0.5) is 0 Å². The molecule has 0 atom stereocenters. The van der Waals surface area contributed by atoms with E-state index in [1.807, 2.05) is 18.7 Å². The summed E-state index contributed by atoms with van der Waals surface area (Å²) in [6, 6.07) is 2.95. The van der Waals surface area contributed by atoms with Crippen molar-refractivity contribution >= 4 is 15.9 Å². The Hall–Kier alpha value is -1.07. The van der Waals surface area contributed by atoms with Gasteiger partial charge in [-0.1, -0.05) is 0 Å². The molecular formula is C14H19BrN4. The number of aryl methyl sites for hydroxylation is 2. The van der Waals surface area contributed by atoms with E-state index in [4.69, 9.17) is 0 Å². The molecule has 0 aliphatic heterocycles. The Morgan fingerprint density at radius 1 is 1.47 bits per heavy atom. The lowest BCUT2D eigenvalue weighted by Gasteiger charge is -2.05. The summed E-state index contributed by atoms with van der Waals surface area (Å²) in [6.45, 7) is 3.85. The lowest BCUT2D eigenvalue weighted by molar-refractivity contribution is 0.658. The third-order valence-corrected chi connectivity index (χ3v) is 4.61. The Bertz CT molecular complexity index is 580. The molecule has 0 saturated heterocycles. The summed E-state index contributed by atoms with van der Waals surface area (Å²) < 4.78 is 5.27. The number of aromatic nitrogens is 3. The summed E-state index contributed by atoms with van der Waals surface area (Å²) in [7, 11) is 1.99. The van der Waals surface area contributed by atoms with E-state index in [0.717, 1.165) is 29.3 Å². The minimum absolute atomic E-state index is 0.761. The SMILES string of the molecule is Cc1nn(C)c(Cn2ccc(CNC3CC3)c2)c1Br. The Labute approximate surface area is 121 Å². The summed E-state index contributed by atoms with van der Waals surface area (Å²) in [5.41, 5.74) is 3.59. The molecule has 0 unspecified atom stereocenters. The highest BCUT2D eigenvalue weighted by Crippen LogP contribution is 2.22. The van der Waals surface area contributed by atoms with Crippen LogP contribution >= 0.6 is 15.9 Å². The largest absolute Gasteiger partial charge is 0.348 e. The van der Waals surface area contributed by atoms with Gasteiger partial charge in [-0.25, -0.2) is 0 Å². The molecule has 4 nitrogen and oxygen atoms in total. The summed E-state index contributed by atoms with van der Waals surface area (Å²) >= 11 is 3.61. The monoisotopic (exact) mass is 322 g/mol. The Morgan fingerprint density at radius 3 is 2.89 bits per heavy atom. The first-order chi connectivity index (χ1) is 9.13. The van der Waals surface area contributed by atoms with E-state index >= 15 is 0 Å². The number of hydrogen-bond acceptors (Lipinski definition) is 2. The van der Waals surface area contributed by atoms with Gasteiger partial charge in [0.1, 0.15) is 0 Å². The normalized spacial score (nSPS) is 15.1. The van der Waals surface area contributed by atoms with Crippen LogP contribution in [0.2, 0.25) is 0 Å². The van der Waals surface area contributed by atoms with Crippen LogP contribution in [-0.2, 0) is 20.1 Å². The van der Waals surface area contributed by atoms with Crippen LogP contribution in [0.3, 0.4) is 0 Å². The average Bonchev–Trinajstić information content (AvgIpc) is 3.06. The molecule has 0 bridgehead atoms. The fraction of sp³-hybridized carbons (Fsp3) is 0.500. The van der Waals surface area contributed by atoms with Crippen LogP contribution in [0.1, 0.15) is 29.8 Å². The second-order valence-electron chi connectivity index (χ2n) is 5.32. The number of rotatable bonds is 5. The molecule has 5 heteroatoms. The Morgan fingerprint density at radius 2 is 2.26 bits per heavy atom. The molecule has 1 N–H and O–H groups in total.